The van der Waals surface area contributed by atoms with Crippen molar-refractivity contribution in [1.82, 2.24) is 9.21 Å². The highest BCUT2D eigenvalue weighted by atomic mass is 32.2. The smallest absolute Gasteiger partial charge is 0.334 e. The summed E-state index contributed by atoms with van der Waals surface area (Å²) in [6, 6.07) is -3.09. The van der Waals surface area contributed by atoms with Crippen LogP contribution in [0.3, 0.4) is 0 Å². The first kappa shape index (κ1) is 13.0. The molecule has 0 radical (unpaired) electrons. The average Bonchev–Trinajstić information content (AvgIpc) is 2.51. The quantitative estimate of drug-likeness (QED) is 0.466. The summed E-state index contributed by atoms with van der Waals surface area (Å²) in [5.74, 6) is -2.58. The number of sulfonamides is 1. The van der Waals surface area contributed by atoms with Crippen LogP contribution in [-0.4, -0.2) is 71.8 Å². The van der Waals surface area contributed by atoms with Gasteiger partial charge < -0.3 is 10.0 Å². The molecule has 0 unspecified atom stereocenters. The summed E-state index contributed by atoms with van der Waals surface area (Å²) in [5.41, 5.74) is 0. The second-order valence-electron chi connectivity index (χ2n) is 4.45. The molecule has 100 valence electrons. The van der Waals surface area contributed by atoms with E-state index >= 15 is 0 Å². The van der Waals surface area contributed by atoms with Gasteiger partial charge in [0.05, 0.1) is 12.3 Å². The van der Waals surface area contributed by atoms with E-state index in [1.807, 2.05) is 0 Å². The summed E-state index contributed by atoms with van der Waals surface area (Å²) in [7, 11) is -2.32. The lowest BCUT2D eigenvalue weighted by atomic mass is 9.96. The standard InChI is InChI=1S/C9H12N2O6S/c1-10(18(2,16)17)6-4-3-5(12)7(9(14)15)11(4)8(6)13/h4,6-7H,3H2,1-2H3,(H,14,15)/t4-,6-,7-/m1/s1. The Balaban J connectivity index is 2.27. The Bertz CT molecular complexity index is 541. The maximum Gasteiger partial charge on any atom is 0.334 e. The minimum Gasteiger partial charge on any atom is -0.479 e. The van der Waals surface area contributed by atoms with Crippen LogP contribution in [0.4, 0.5) is 0 Å². The van der Waals surface area contributed by atoms with Crippen molar-refractivity contribution in [2.24, 2.45) is 0 Å². The molecule has 0 bridgehead atoms. The molecule has 2 aliphatic rings. The van der Waals surface area contributed by atoms with E-state index in [9.17, 15) is 22.8 Å². The van der Waals surface area contributed by atoms with E-state index in [0.717, 1.165) is 15.5 Å². The number of fused-ring (bicyclic) bond motifs is 1. The maximum absolute atomic E-state index is 11.8. The molecular weight excluding hydrogens is 264 g/mol. The highest BCUT2D eigenvalue weighted by Crippen LogP contribution is 2.36. The van der Waals surface area contributed by atoms with Crippen molar-refractivity contribution < 1.29 is 27.9 Å². The minimum absolute atomic E-state index is 0.118. The zero-order valence-electron chi connectivity index (χ0n) is 9.73. The number of carbonyl (C=O) groups is 3. The van der Waals surface area contributed by atoms with Crippen molar-refractivity contribution in [3.05, 3.63) is 0 Å². The summed E-state index contributed by atoms with van der Waals surface area (Å²) in [6.45, 7) is 0. The number of β-lactam (4-membered cyclic amide) rings is 1. The number of Topliss-reactive ketones (excluding diaryl/α,β-unsaturated/α-hetero) is 1. The highest BCUT2D eigenvalue weighted by molar-refractivity contribution is 7.88. The Hall–Kier alpha value is -1.48. The minimum atomic E-state index is -3.56. The molecule has 0 aliphatic carbocycles. The zero-order chi connectivity index (χ0) is 13.8. The third-order valence-corrected chi connectivity index (χ3v) is 4.64. The van der Waals surface area contributed by atoms with E-state index in [-0.39, 0.29) is 6.42 Å². The van der Waals surface area contributed by atoms with Crippen molar-refractivity contribution in [3.63, 3.8) is 0 Å². The van der Waals surface area contributed by atoms with Gasteiger partial charge in [-0.3, -0.25) is 9.59 Å². The van der Waals surface area contributed by atoms with E-state index in [0.29, 0.717) is 0 Å². The molecule has 1 N–H and O–H groups in total. The molecule has 2 rings (SSSR count). The summed E-state index contributed by atoms with van der Waals surface area (Å²) in [4.78, 5) is 35.1. The van der Waals surface area contributed by atoms with Crippen molar-refractivity contribution in [1.29, 1.82) is 0 Å². The van der Waals surface area contributed by atoms with Gasteiger partial charge in [0.1, 0.15) is 6.04 Å². The lowest BCUT2D eigenvalue weighted by Gasteiger charge is -2.46. The number of ketones is 1. The fraction of sp³-hybridized carbons (Fsp3) is 0.667. The van der Waals surface area contributed by atoms with Gasteiger partial charge in [-0.15, -0.1) is 0 Å². The van der Waals surface area contributed by atoms with Crippen molar-refractivity contribution in [2.75, 3.05) is 13.3 Å². The molecule has 2 fully saturated rings. The Morgan fingerprint density at radius 1 is 1.44 bits per heavy atom. The number of carbonyl (C=O) groups excluding carboxylic acids is 2. The van der Waals surface area contributed by atoms with Gasteiger partial charge in [0.2, 0.25) is 15.9 Å². The monoisotopic (exact) mass is 276 g/mol. The van der Waals surface area contributed by atoms with Crippen LogP contribution in [0.1, 0.15) is 6.42 Å². The molecule has 9 heteroatoms. The van der Waals surface area contributed by atoms with E-state index in [1.165, 1.54) is 7.05 Å². The van der Waals surface area contributed by atoms with Crippen LogP contribution in [0.25, 0.3) is 0 Å². The number of carboxylic acid groups (broad SMARTS) is 1. The van der Waals surface area contributed by atoms with Gasteiger partial charge in [0.25, 0.3) is 0 Å². The largest absolute Gasteiger partial charge is 0.479 e. The van der Waals surface area contributed by atoms with Gasteiger partial charge in [-0.25, -0.2) is 13.2 Å². The topological polar surface area (TPSA) is 112 Å². The number of hydrogen-bond acceptors (Lipinski definition) is 5. The number of amides is 1. The average molecular weight is 276 g/mol. The fourth-order valence-electron chi connectivity index (χ4n) is 2.41. The Morgan fingerprint density at radius 2 is 2.00 bits per heavy atom. The van der Waals surface area contributed by atoms with E-state index in [1.54, 1.807) is 0 Å². The molecular formula is C9H12N2O6S. The van der Waals surface area contributed by atoms with Crippen LogP contribution in [-0.2, 0) is 24.4 Å². The van der Waals surface area contributed by atoms with Crippen molar-refractivity contribution in [3.8, 4) is 0 Å². The summed E-state index contributed by atoms with van der Waals surface area (Å²) in [6.07, 6.45) is 0.835. The Morgan fingerprint density at radius 3 is 2.44 bits per heavy atom. The van der Waals surface area contributed by atoms with Gasteiger partial charge in [0, 0.05) is 13.5 Å². The van der Waals surface area contributed by atoms with E-state index in [2.05, 4.69) is 0 Å². The molecule has 8 nitrogen and oxygen atoms in total. The van der Waals surface area contributed by atoms with Gasteiger partial charge in [-0.05, 0) is 0 Å². The summed E-state index contributed by atoms with van der Waals surface area (Å²) >= 11 is 0. The lowest BCUT2D eigenvalue weighted by Crippen LogP contribution is -2.70. The van der Waals surface area contributed by atoms with Crippen LogP contribution in [0.2, 0.25) is 0 Å². The number of likely N-dealkylation sites (N-methyl/N-ethyl adjacent to an activating group) is 1. The molecule has 1 amide bonds. The third kappa shape index (κ3) is 1.62. The predicted molar refractivity (Wildman–Crippen MR) is 58.1 cm³/mol. The number of carboxylic acids is 1. The number of rotatable bonds is 3. The van der Waals surface area contributed by atoms with Crippen LogP contribution in [0.5, 0.6) is 0 Å². The van der Waals surface area contributed by atoms with Gasteiger partial charge in [-0.1, -0.05) is 0 Å². The molecule has 0 aromatic heterocycles. The number of nitrogens with zero attached hydrogens (tertiary/aromatic N) is 2. The highest BCUT2D eigenvalue weighted by Gasteiger charge is 2.62. The van der Waals surface area contributed by atoms with Gasteiger partial charge in [0.15, 0.2) is 11.8 Å². The van der Waals surface area contributed by atoms with Gasteiger partial charge in [-0.2, -0.15) is 4.31 Å². The molecule has 3 atom stereocenters. The fourth-order valence-corrected chi connectivity index (χ4v) is 3.06. The molecule has 0 spiro atoms. The SMILES string of the molecule is CN([C@H]1C(=O)N2[C@@H](C(=O)O)C(=O)C[C@H]12)S(C)(=O)=O. The first-order valence-electron chi connectivity index (χ1n) is 5.17. The van der Waals surface area contributed by atoms with Crippen LogP contribution in [0, 0.1) is 0 Å². The second-order valence-corrected chi connectivity index (χ2v) is 6.49. The second kappa shape index (κ2) is 3.75. The third-order valence-electron chi connectivity index (χ3n) is 3.37. The predicted octanol–water partition coefficient (Wildman–Crippen LogP) is -2.12. The molecule has 0 saturated carbocycles. The molecule has 18 heavy (non-hydrogen) atoms. The normalized spacial score (nSPS) is 31.5. The Labute approximate surface area is 103 Å². The molecule has 0 aromatic carbocycles. The molecule has 2 heterocycles. The number of hydrogen-bond donors (Lipinski definition) is 1. The summed E-state index contributed by atoms with van der Waals surface area (Å²) < 4.78 is 23.6. The van der Waals surface area contributed by atoms with E-state index < -0.39 is 45.8 Å². The first-order valence-corrected chi connectivity index (χ1v) is 7.02. The summed E-state index contributed by atoms with van der Waals surface area (Å²) in [5, 5.41) is 8.86. The molecule has 2 aliphatic heterocycles. The lowest BCUT2D eigenvalue weighted by molar-refractivity contribution is -0.163. The van der Waals surface area contributed by atoms with Crippen LogP contribution < -0.4 is 0 Å². The molecule has 2 saturated heterocycles. The maximum atomic E-state index is 11.8. The Kier molecular flexibility index (Phi) is 2.70. The first-order chi connectivity index (χ1) is 8.16. The van der Waals surface area contributed by atoms with Crippen LogP contribution in [0.15, 0.2) is 0 Å². The van der Waals surface area contributed by atoms with E-state index in [4.69, 9.17) is 5.11 Å². The van der Waals surface area contributed by atoms with Crippen molar-refractivity contribution in [2.45, 2.75) is 24.5 Å². The van der Waals surface area contributed by atoms with Crippen molar-refractivity contribution >= 4 is 27.7 Å². The zero-order valence-corrected chi connectivity index (χ0v) is 10.5. The van der Waals surface area contributed by atoms with Crippen LogP contribution >= 0.6 is 0 Å². The molecule has 0 aromatic rings. The van der Waals surface area contributed by atoms with Gasteiger partial charge >= 0.3 is 5.97 Å². The number of aliphatic carboxylic acids is 1.